The Bertz CT molecular complexity index is 523. The Morgan fingerprint density at radius 1 is 1.44 bits per heavy atom. The van der Waals surface area contributed by atoms with Gasteiger partial charge in [0.1, 0.15) is 5.75 Å². The lowest BCUT2D eigenvalue weighted by Gasteiger charge is -2.06. The van der Waals surface area contributed by atoms with E-state index < -0.39 is 0 Å². The van der Waals surface area contributed by atoms with Crippen LogP contribution in [0.4, 0.5) is 5.82 Å². The molecule has 2 aromatic rings. The fraction of sp³-hybridized carbons (Fsp3) is 0.182. The molecule has 1 aromatic heterocycles. The summed E-state index contributed by atoms with van der Waals surface area (Å²) in [5.41, 5.74) is 6.72. The van der Waals surface area contributed by atoms with Crippen LogP contribution in [0.25, 0.3) is 11.3 Å². The number of aryl methyl sites for hydroxylation is 1. The van der Waals surface area contributed by atoms with Gasteiger partial charge in [-0.1, -0.05) is 23.7 Å². The van der Waals surface area contributed by atoms with Crippen LogP contribution < -0.4 is 5.73 Å². The summed E-state index contributed by atoms with van der Waals surface area (Å²) in [6.07, 6.45) is 0.684. The minimum Gasteiger partial charge on any atom is -0.507 e. The van der Waals surface area contributed by atoms with Gasteiger partial charge in [-0.3, -0.25) is 0 Å². The van der Waals surface area contributed by atoms with E-state index in [0.29, 0.717) is 22.8 Å². The monoisotopic (exact) mass is 238 g/mol. The molecule has 0 atom stereocenters. The Balaban J connectivity index is 2.60. The van der Waals surface area contributed by atoms with Gasteiger partial charge in [-0.2, -0.15) is 0 Å². The van der Waals surface area contributed by atoms with Gasteiger partial charge in [0.05, 0.1) is 5.56 Å². The SMILES string of the molecule is CCc1cc(Cl)cc(-c2cc(N)no2)c1O. The van der Waals surface area contributed by atoms with Gasteiger partial charge in [0.15, 0.2) is 11.6 Å². The van der Waals surface area contributed by atoms with Gasteiger partial charge < -0.3 is 15.4 Å². The molecule has 0 aliphatic heterocycles. The second-order valence-corrected chi connectivity index (χ2v) is 3.87. The van der Waals surface area contributed by atoms with Crippen LogP contribution in [0.1, 0.15) is 12.5 Å². The van der Waals surface area contributed by atoms with Crippen molar-refractivity contribution in [2.45, 2.75) is 13.3 Å². The summed E-state index contributed by atoms with van der Waals surface area (Å²) in [5.74, 6) is 0.836. The fourth-order valence-electron chi connectivity index (χ4n) is 1.53. The minimum atomic E-state index is 0.156. The van der Waals surface area contributed by atoms with Crippen molar-refractivity contribution in [2.24, 2.45) is 0 Å². The summed E-state index contributed by atoms with van der Waals surface area (Å²) in [4.78, 5) is 0. The number of nitrogens with two attached hydrogens (primary N) is 1. The summed E-state index contributed by atoms with van der Waals surface area (Å²) in [5, 5.41) is 14.1. The molecule has 1 aromatic carbocycles. The van der Waals surface area contributed by atoms with Crippen molar-refractivity contribution < 1.29 is 9.63 Å². The van der Waals surface area contributed by atoms with Crippen molar-refractivity contribution in [3.63, 3.8) is 0 Å². The van der Waals surface area contributed by atoms with E-state index in [9.17, 15) is 5.11 Å². The Kier molecular flexibility index (Phi) is 2.75. The molecule has 0 saturated heterocycles. The van der Waals surface area contributed by atoms with Crippen LogP contribution in [0, 0.1) is 0 Å². The molecular weight excluding hydrogens is 228 g/mol. The van der Waals surface area contributed by atoms with Gasteiger partial charge in [-0.15, -0.1) is 0 Å². The van der Waals surface area contributed by atoms with Gasteiger partial charge in [0.2, 0.25) is 0 Å². The number of nitrogen functional groups attached to an aromatic ring is 1. The van der Waals surface area contributed by atoms with Gasteiger partial charge in [0, 0.05) is 11.1 Å². The number of hydrogen-bond donors (Lipinski definition) is 2. The largest absolute Gasteiger partial charge is 0.507 e. The molecule has 0 radical (unpaired) electrons. The van der Waals surface area contributed by atoms with E-state index in [4.69, 9.17) is 21.9 Å². The van der Waals surface area contributed by atoms with Crippen LogP contribution >= 0.6 is 11.6 Å². The molecule has 2 rings (SSSR count). The first kappa shape index (κ1) is 10.8. The quantitative estimate of drug-likeness (QED) is 0.844. The summed E-state index contributed by atoms with van der Waals surface area (Å²) in [6.45, 7) is 1.93. The molecule has 0 bridgehead atoms. The van der Waals surface area contributed by atoms with Crippen molar-refractivity contribution in [1.29, 1.82) is 0 Å². The molecule has 1 heterocycles. The van der Waals surface area contributed by atoms with Crippen molar-refractivity contribution in [1.82, 2.24) is 5.16 Å². The number of nitrogens with zero attached hydrogens (tertiary/aromatic N) is 1. The highest BCUT2D eigenvalue weighted by atomic mass is 35.5. The number of aromatic nitrogens is 1. The molecule has 0 aliphatic rings. The first-order valence-corrected chi connectivity index (χ1v) is 5.23. The van der Waals surface area contributed by atoms with Crippen LogP contribution in [0.3, 0.4) is 0 Å². The molecule has 3 N–H and O–H groups in total. The molecule has 0 unspecified atom stereocenters. The van der Waals surface area contributed by atoms with Crippen LogP contribution in [-0.2, 0) is 6.42 Å². The smallest absolute Gasteiger partial charge is 0.172 e. The Labute approximate surface area is 97.6 Å². The predicted molar refractivity (Wildman–Crippen MR) is 62.4 cm³/mol. The van der Waals surface area contributed by atoms with Gasteiger partial charge >= 0.3 is 0 Å². The molecule has 0 saturated carbocycles. The maximum absolute atomic E-state index is 9.99. The second-order valence-electron chi connectivity index (χ2n) is 3.43. The van der Waals surface area contributed by atoms with Crippen LogP contribution in [0.15, 0.2) is 22.7 Å². The van der Waals surface area contributed by atoms with Crippen LogP contribution in [0.2, 0.25) is 5.02 Å². The van der Waals surface area contributed by atoms with Gasteiger partial charge in [0.25, 0.3) is 0 Å². The number of anilines is 1. The number of phenolic OH excluding ortho intramolecular Hbond substituents is 1. The first-order valence-electron chi connectivity index (χ1n) is 4.85. The van der Waals surface area contributed by atoms with Gasteiger partial charge in [-0.05, 0) is 24.1 Å². The van der Waals surface area contributed by atoms with E-state index in [-0.39, 0.29) is 11.6 Å². The zero-order chi connectivity index (χ0) is 11.7. The third kappa shape index (κ3) is 1.84. The average molecular weight is 239 g/mol. The number of rotatable bonds is 2. The third-order valence-electron chi connectivity index (χ3n) is 2.33. The number of hydrogen-bond acceptors (Lipinski definition) is 4. The van der Waals surface area contributed by atoms with Crippen LogP contribution in [-0.4, -0.2) is 10.3 Å². The summed E-state index contributed by atoms with van der Waals surface area (Å²) < 4.78 is 4.99. The van der Waals surface area contributed by atoms with E-state index >= 15 is 0 Å². The van der Waals surface area contributed by atoms with E-state index in [1.165, 1.54) is 0 Å². The van der Waals surface area contributed by atoms with Crippen molar-refractivity contribution >= 4 is 17.4 Å². The normalized spacial score (nSPS) is 10.6. The molecule has 0 spiro atoms. The van der Waals surface area contributed by atoms with Crippen molar-refractivity contribution in [3.8, 4) is 17.1 Å². The van der Waals surface area contributed by atoms with E-state index in [0.717, 1.165) is 5.56 Å². The highest BCUT2D eigenvalue weighted by Gasteiger charge is 2.14. The fourth-order valence-corrected chi connectivity index (χ4v) is 1.77. The zero-order valence-corrected chi connectivity index (χ0v) is 9.45. The lowest BCUT2D eigenvalue weighted by molar-refractivity contribution is 0.428. The molecule has 4 nitrogen and oxygen atoms in total. The lowest BCUT2D eigenvalue weighted by atomic mass is 10.0. The Hall–Kier alpha value is -1.68. The second kappa shape index (κ2) is 4.06. The highest BCUT2D eigenvalue weighted by molar-refractivity contribution is 6.31. The Morgan fingerprint density at radius 2 is 2.19 bits per heavy atom. The van der Waals surface area contributed by atoms with E-state index in [1.807, 2.05) is 6.92 Å². The van der Waals surface area contributed by atoms with E-state index in [1.54, 1.807) is 18.2 Å². The third-order valence-corrected chi connectivity index (χ3v) is 2.55. The molecule has 0 aliphatic carbocycles. The Morgan fingerprint density at radius 3 is 2.75 bits per heavy atom. The maximum Gasteiger partial charge on any atom is 0.172 e. The number of aromatic hydroxyl groups is 1. The van der Waals surface area contributed by atoms with Crippen molar-refractivity contribution in [3.05, 3.63) is 28.8 Å². The molecule has 5 heteroatoms. The molecule has 0 amide bonds. The summed E-state index contributed by atoms with van der Waals surface area (Å²) in [6, 6.07) is 4.89. The predicted octanol–water partition coefficient (Wildman–Crippen LogP) is 2.85. The molecule has 16 heavy (non-hydrogen) atoms. The minimum absolute atomic E-state index is 0.156. The van der Waals surface area contributed by atoms with E-state index in [2.05, 4.69) is 5.16 Å². The molecule has 84 valence electrons. The van der Waals surface area contributed by atoms with Crippen LogP contribution in [0.5, 0.6) is 5.75 Å². The lowest BCUT2D eigenvalue weighted by Crippen LogP contribution is -1.86. The summed E-state index contributed by atoms with van der Waals surface area (Å²) >= 11 is 5.95. The maximum atomic E-state index is 9.99. The molecule has 0 fully saturated rings. The van der Waals surface area contributed by atoms with Gasteiger partial charge in [-0.25, -0.2) is 0 Å². The standard InChI is InChI=1S/C11H11ClN2O2/c1-2-6-3-7(12)4-8(11(6)15)9-5-10(13)14-16-9/h3-5,15H,2H2,1H3,(H2,13,14). The first-order chi connectivity index (χ1) is 7.61. The summed E-state index contributed by atoms with van der Waals surface area (Å²) in [7, 11) is 0. The van der Waals surface area contributed by atoms with Crippen molar-refractivity contribution in [2.75, 3.05) is 5.73 Å². The topological polar surface area (TPSA) is 72.3 Å². The molecular formula is C11H11ClN2O2. The zero-order valence-electron chi connectivity index (χ0n) is 8.70. The number of phenols is 1. The highest BCUT2D eigenvalue weighted by Crippen LogP contribution is 2.35. The number of halogens is 1. The average Bonchev–Trinajstić information content (AvgIpc) is 2.67. The number of benzene rings is 1.